The summed E-state index contributed by atoms with van der Waals surface area (Å²) in [6.07, 6.45) is 3.81. The Morgan fingerprint density at radius 3 is 2.67 bits per heavy atom. The van der Waals surface area contributed by atoms with Gasteiger partial charge in [-0.25, -0.2) is 9.79 Å². The van der Waals surface area contributed by atoms with Gasteiger partial charge in [0.2, 0.25) is 0 Å². The van der Waals surface area contributed by atoms with Crippen molar-refractivity contribution in [1.82, 2.24) is 9.55 Å². The summed E-state index contributed by atoms with van der Waals surface area (Å²) in [5.74, 6) is 0.246. The molecule has 0 bridgehead atoms. The lowest BCUT2D eigenvalue weighted by molar-refractivity contribution is -0.139. The van der Waals surface area contributed by atoms with E-state index in [9.17, 15) is 9.59 Å². The third-order valence-electron chi connectivity index (χ3n) is 5.99. The highest BCUT2D eigenvalue weighted by Crippen LogP contribution is 2.31. The van der Waals surface area contributed by atoms with E-state index < -0.39 is 12.0 Å². The molecule has 1 aliphatic heterocycles. The first-order valence-electron chi connectivity index (χ1n) is 11.9. The summed E-state index contributed by atoms with van der Waals surface area (Å²) in [4.78, 5) is 35.3. The predicted octanol–water partition coefficient (Wildman–Crippen LogP) is 4.07. The molecule has 36 heavy (non-hydrogen) atoms. The maximum absolute atomic E-state index is 13.8. The van der Waals surface area contributed by atoms with Crippen molar-refractivity contribution >= 4 is 34.3 Å². The number of carbonyl (C=O) groups is 1. The smallest absolute Gasteiger partial charge is 0.338 e. The number of aromatic nitrogens is 2. The number of hydrogen-bond acceptors (Lipinski definition) is 6. The summed E-state index contributed by atoms with van der Waals surface area (Å²) in [6, 6.07) is 14.8. The number of ether oxygens (including phenoxy) is 2. The summed E-state index contributed by atoms with van der Waals surface area (Å²) < 4.78 is 13.3. The van der Waals surface area contributed by atoms with Gasteiger partial charge in [-0.2, -0.15) is 0 Å². The molecule has 0 spiro atoms. The number of hydrogen-bond donors (Lipinski definition) is 1. The van der Waals surface area contributed by atoms with E-state index in [1.165, 1.54) is 11.3 Å². The Bertz CT molecular complexity index is 1660. The average molecular weight is 502 g/mol. The zero-order valence-electron chi connectivity index (χ0n) is 20.6. The molecule has 1 atom stereocenters. The Kier molecular flexibility index (Phi) is 6.36. The molecule has 0 aliphatic carbocycles. The lowest BCUT2D eigenvalue weighted by Crippen LogP contribution is -2.39. The minimum atomic E-state index is -0.654. The van der Waals surface area contributed by atoms with Crippen molar-refractivity contribution in [3.63, 3.8) is 0 Å². The second kappa shape index (κ2) is 9.62. The van der Waals surface area contributed by atoms with Gasteiger partial charge in [0.15, 0.2) is 4.80 Å². The topological polar surface area (TPSA) is 85.7 Å². The lowest BCUT2D eigenvalue weighted by atomic mass is 9.96. The van der Waals surface area contributed by atoms with Crippen LogP contribution >= 0.6 is 11.3 Å². The van der Waals surface area contributed by atoms with Crippen LogP contribution in [0.15, 0.2) is 75.8 Å². The van der Waals surface area contributed by atoms with Crippen molar-refractivity contribution in [2.45, 2.75) is 39.8 Å². The molecule has 0 unspecified atom stereocenters. The maximum Gasteiger partial charge on any atom is 0.338 e. The minimum Gasteiger partial charge on any atom is -0.491 e. The number of nitrogens with one attached hydrogen (secondary N) is 1. The van der Waals surface area contributed by atoms with E-state index >= 15 is 0 Å². The van der Waals surface area contributed by atoms with Gasteiger partial charge in [0.25, 0.3) is 5.56 Å². The Morgan fingerprint density at radius 2 is 1.94 bits per heavy atom. The average Bonchev–Trinajstić information content (AvgIpc) is 3.39. The molecule has 4 aromatic rings. The van der Waals surface area contributed by atoms with Crippen molar-refractivity contribution in [3.05, 3.63) is 96.8 Å². The molecule has 2 aromatic carbocycles. The van der Waals surface area contributed by atoms with Crippen LogP contribution in [0.3, 0.4) is 0 Å². The molecular weight excluding hydrogens is 474 g/mol. The molecule has 1 N–H and O–H groups in total. The molecule has 1 aliphatic rings. The van der Waals surface area contributed by atoms with E-state index in [1.807, 2.05) is 74.7 Å². The van der Waals surface area contributed by atoms with E-state index in [-0.39, 0.29) is 18.3 Å². The van der Waals surface area contributed by atoms with Crippen LogP contribution in [0.25, 0.3) is 17.0 Å². The minimum absolute atomic E-state index is 0.0373. The highest BCUT2D eigenvalue weighted by Gasteiger charge is 2.33. The van der Waals surface area contributed by atoms with Gasteiger partial charge in [0.05, 0.1) is 34.6 Å². The number of H-pyrrole nitrogens is 1. The Balaban J connectivity index is 1.68. The molecule has 184 valence electrons. The van der Waals surface area contributed by atoms with Crippen LogP contribution in [0.4, 0.5) is 0 Å². The monoisotopic (exact) mass is 501 g/mol. The lowest BCUT2D eigenvalue weighted by Gasteiger charge is -2.25. The first-order valence-corrected chi connectivity index (χ1v) is 12.7. The van der Waals surface area contributed by atoms with E-state index in [4.69, 9.17) is 9.47 Å². The number of fused-ring (bicyclic) bond motifs is 2. The Morgan fingerprint density at radius 1 is 1.19 bits per heavy atom. The Hall–Kier alpha value is -3.91. The number of allylic oxidation sites excluding steroid dienone is 1. The summed E-state index contributed by atoms with van der Waals surface area (Å²) >= 11 is 1.31. The highest BCUT2D eigenvalue weighted by molar-refractivity contribution is 7.07. The van der Waals surface area contributed by atoms with Gasteiger partial charge in [-0.05, 0) is 57.5 Å². The van der Waals surface area contributed by atoms with Crippen LogP contribution in [0, 0.1) is 0 Å². The number of esters is 1. The van der Waals surface area contributed by atoms with E-state index in [0.717, 1.165) is 27.8 Å². The highest BCUT2D eigenvalue weighted by atomic mass is 32.1. The van der Waals surface area contributed by atoms with Gasteiger partial charge in [0.1, 0.15) is 5.75 Å². The van der Waals surface area contributed by atoms with Crippen molar-refractivity contribution in [1.29, 1.82) is 0 Å². The van der Waals surface area contributed by atoms with Gasteiger partial charge in [-0.3, -0.25) is 9.36 Å². The van der Waals surface area contributed by atoms with Gasteiger partial charge in [-0.1, -0.05) is 41.7 Å². The van der Waals surface area contributed by atoms with Crippen LogP contribution in [-0.2, 0) is 9.53 Å². The van der Waals surface area contributed by atoms with E-state index in [0.29, 0.717) is 20.6 Å². The van der Waals surface area contributed by atoms with Crippen molar-refractivity contribution in [3.8, 4) is 5.75 Å². The fraction of sp³-hybridized carbons (Fsp3) is 0.250. The van der Waals surface area contributed by atoms with E-state index in [1.54, 1.807) is 18.4 Å². The first-order chi connectivity index (χ1) is 17.4. The van der Waals surface area contributed by atoms with Crippen LogP contribution in [0.2, 0.25) is 0 Å². The second-order valence-electron chi connectivity index (χ2n) is 8.83. The normalized spacial score (nSPS) is 15.8. The van der Waals surface area contributed by atoms with Gasteiger partial charge in [-0.15, -0.1) is 0 Å². The molecule has 7 nitrogen and oxygen atoms in total. The summed E-state index contributed by atoms with van der Waals surface area (Å²) in [6.45, 7) is 7.70. The Labute approximate surface area is 212 Å². The zero-order valence-corrected chi connectivity index (χ0v) is 21.4. The van der Waals surface area contributed by atoms with E-state index in [2.05, 4.69) is 9.98 Å². The SMILES string of the molecule is CCOC(=O)C1=C(C)N=c2s/c(=C\c3c[nH]c4ccccc34)c(=O)n2[C@H]1c1ccc(OC(C)C)cc1. The largest absolute Gasteiger partial charge is 0.491 e. The molecule has 0 saturated heterocycles. The molecule has 0 saturated carbocycles. The number of carbonyl (C=O) groups excluding carboxylic acids is 1. The molecule has 0 amide bonds. The van der Waals surface area contributed by atoms with Crippen LogP contribution in [-0.4, -0.2) is 28.2 Å². The molecule has 5 rings (SSSR count). The van der Waals surface area contributed by atoms with Gasteiger partial charge >= 0.3 is 5.97 Å². The number of aromatic amines is 1. The van der Waals surface area contributed by atoms with Crippen LogP contribution in [0.5, 0.6) is 5.75 Å². The summed E-state index contributed by atoms with van der Waals surface area (Å²) in [5.41, 5.74) is 3.40. The fourth-order valence-corrected chi connectivity index (χ4v) is 5.50. The van der Waals surface area contributed by atoms with Gasteiger partial charge < -0.3 is 14.5 Å². The standard InChI is InChI=1S/C28H27N3O4S/c1-5-34-27(33)24-17(4)30-28-31(25(24)18-10-12-20(13-11-18)35-16(2)3)26(32)23(36-28)14-19-15-29-22-9-7-6-8-21(19)22/h6-16,25,29H,5H2,1-4H3/b23-14-/t25-/m0/s1. The molecule has 2 aromatic heterocycles. The predicted molar refractivity (Wildman–Crippen MR) is 141 cm³/mol. The third-order valence-corrected chi connectivity index (χ3v) is 6.98. The number of rotatable bonds is 6. The number of nitrogens with zero attached hydrogens (tertiary/aromatic N) is 2. The van der Waals surface area contributed by atoms with Crippen molar-refractivity contribution in [2.24, 2.45) is 4.99 Å². The first kappa shape index (κ1) is 23.8. The summed E-state index contributed by atoms with van der Waals surface area (Å²) in [5, 5.41) is 1.03. The second-order valence-corrected chi connectivity index (χ2v) is 9.84. The third kappa shape index (κ3) is 4.28. The molecule has 0 radical (unpaired) electrons. The summed E-state index contributed by atoms with van der Waals surface area (Å²) in [7, 11) is 0. The quantitative estimate of drug-likeness (QED) is 0.404. The number of thiazole rings is 1. The number of para-hydroxylation sites is 1. The molecular formula is C28H27N3O4S. The molecule has 0 fully saturated rings. The van der Waals surface area contributed by atoms with Crippen molar-refractivity contribution < 1.29 is 14.3 Å². The molecule has 3 heterocycles. The number of benzene rings is 2. The van der Waals surface area contributed by atoms with Crippen LogP contribution in [0.1, 0.15) is 44.9 Å². The molecule has 8 heteroatoms. The van der Waals surface area contributed by atoms with Gasteiger partial charge in [0, 0.05) is 22.7 Å². The fourth-order valence-electron chi connectivity index (χ4n) is 4.46. The van der Waals surface area contributed by atoms with Crippen LogP contribution < -0.4 is 19.6 Å². The zero-order chi connectivity index (χ0) is 25.4. The van der Waals surface area contributed by atoms with Crippen molar-refractivity contribution in [2.75, 3.05) is 6.61 Å². The maximum atomic E-state index is 13.8.